The molecule has 2 aliphatic heterocycles. The Balaban J connectivity index is 1.33. The lowest BCUT2D eigenvalue weighted by Gasteiger charge is -2.17. The molecule has 0 spiro atoms. The molecule has 2 amide bonds. The molecule has 0 radical (unpaired) electrons. The number of rotatable bonds is 5. The molecule has 6 nitrogen and oxygen atoms in total. The van der Waals surface area contributed by atoms with Crippen LogP contribution in [0.3, 0.4) is 0 Å². The first-order valence-electron chi connectivity index (χ1n) is 9.08. The normalized spacial score (nSPS) is 18.0. The Morgan fingerprint density at radius 1 is 1.11 bits per heavy atom. The predicted molar refractivity (Wildman–Crippen MR) is 99.1 cm³/mol. The number of amides is 2. The lowest BCUT2D eigenvalue weighted by molar-refractivity contribution is -0.129. The van der Waals surface area contributed by atoms with E-state index in [1.165, 1.54) is 5.56 Å². The molecule has 1 atom stereocenters. The molecule has 4 rings (SSSR count). The molecule has 140 valence electrons. The Kier molecular flexibility index (Phi) is 4.71. The van der Waals surface area contributed by atoms with Gasteiger partial charge in [0, 0.05) is 26.1 Å². The van der Waals surface area contributed by atoms with Crippen molar-refractivity contribution in [3.05, 3.63) is 59.2 Å². The highest BCUT2D eigenvalue weighted by molar-refractivity contribution is 5.89. The van der Waals surface area contributed by atoms with E-state index in [9.17, 15) is 9.59 Å². The average Bonchev–Trinajstić information content (AvgIpc) is 3.27. The molecule has 1 fully saturated rings. The maximum absolute atomic E-state index is 12.5. The fraction of sp³-hybridized carbons (Fsp3) is 0.333. The van der Waals surface area contributed by atoms with Gasteiger partial charge in [0.1, 0.15) is 0 Å². The van der Waals surface area contributed by atoms with Gasteiger partial charge in [0.15, 0.2) is 11.5 Å². The SMILES string of the molecule is Cc1ccc(CNC(=O)C2CC(=O)N(Cc3ccc4c(c3)OCO4)C2)cc1. The van der Waals surface area contributed by atoms with Crippen LogP contribution in [-0.4, -0.2) is 30.1 Å². The van der Waals surface area contributed by atoms with E-state index in [-0.39, 0.29) is 30.9 Å². The quantitative estimate of drug-likeness (QED) is 0.882. The highest BCUT2D eigenvalue weighted by Crippen LogP contribution is 2.33. The van der Waals surface area contributed by atoms with Crippen LogP contribution in [0.1, 0.15) is 23.1 Å². The Bertz CT molecular complexity index is 863. The second-order valence-electron chi connectivity index (χ2n) is 7.07. The Morgan fingerprint density at radius 3 is 2.67 bits per heavy atom. The molecule has 2 aliphatic rings. The standard InChI is InChI=1S/C21H22N2O4/c1-14-2-4-15(5-3-14)10-22-21(25)17-9-20(24)23(12-17)11-16-6-7-18-19(8-16)27-13-26-18/h2-8,17H,9-13H2,1H3,(H,22,25). The molecule has 1 unspecified atom stereocenters. The highest BCUT2D eigenvalue weighted by Gasteiger charge is 2.34. The van der Waals surface area contributed by atoms with Crippen molar-refractivity contribution in [2.24, 2.45) is 5.92 Å². The van der Waals surface area contributed by atoms with Gasteiger partial charge in [-0.15, -0.1) is 0 Å². The molecule has 2 aromatic rings. The van der Waals surface area contributed by atoms with Crippen LogP contribution in [0.5, 0.6) is 11.5 Å². The first-order valence-corrected chi connectivity index (χ1v) is 9.08. The minimum absolute atomic E-state index is 0.00292. The number of fused-ring (bicyclic) bond motifs is 1. The molecule has 2 aromatic carbocycles. The van der Waals surface area contributed by atoms with E-state index in [1.807, 2.05) is 49.4 Å². The van der Waals surface area contributed by atoms with Gasteiger partial charge in [0.2, 0.25) is 18.6 Å². The molecule has 0 aliphatic carbocycles. The van der Waals surface area contributed by atoms with Gasteiger partial charge in [-0.25, -0.2) is 0 Å². The number of carbonyl (C=O) groups is 2. The second kappa shape index (κ2) is 7.31. The van der Waals surface area contributed by atoms with Gasteiger partial charge < -0.3 is 19.7 Å². The number of ether oxygens (including phenoxy) is 2. The third-order valence-corrected chi connectivity index (χ3v) is 4.98. The fourth-order valence-corrected chi connectivity index (χ4v) is 3.40. The zero-order valence-corrected chi connectivity index (χ0v) is 15.2. The lowest BCUT2D eigenvalue weighted by Crippen LogP contribution is -2.32. The van der Waals surface area contributed by atoms with Crippen LogP contribution < -0.4 is 14.8 Å². The molecule has 6 heteroatoms. The third kappa shape index (κ3) is 3.89. The molecule has 0 bridgehead atoms. The minimum Gasteiger partial charge on any atom is -0.454 e. The zero-order valence-electron chi connectivity index (χ0n) is 15.2. The van der Waals surface area contributed by atoms with E-state index in [1.54, 1.807) is 4.90 Å². The van der Waals surface area contributed by atoms with E-state index >= 15 is 0 Å². The molecule has 1 saturated heterocycles. The summed E-state index contributed by atoms with van der Waals surface area (Å²) < 4.78 is 10.7. The number of benzene rings is 2. The fourth-order valence-electron chi connectivity index (χ4n) is 3.40. The van der Waals surface area contributed by atoms with Crippen molar-refractivity contribution in [1.82, 2.24) is 10.2 Å². The van der Waals surface area contributed by atoms with Crippen molar-refractivity contribution in [1.29, 1.82) is 0 Å². The molecule has 0 saturated carbocycles. The summed E-state index contributed by atoms with van der Waals surface area (Å²) in [4.78, 5) is 26.5. The molecular weight excluding hydrogens is 344 g/mol. The van der Waals surface area contributed by atoms with Crippen molar-refractivity contribution in [3.63, 3.8) is 0 Å². The van der Waals surface area contributed by atoms with E-state index in [4.69, 9.17) is 9.47 Å². The van der Waals surface area contributed by atoms with Gasteiger partial charge >= 0.3 is 0 Å². The van der Waals surface area contributed by atoms with Crippen molar-refractivity contribution >= 4 is 11.8 Å². The number of nitrogens with one attached hydrogen (secondary N) is 1. The summed E-state index contributed by atoms with van der Waals surface area (Å²) in [6.07, 6.45) is 0.254. The Hall–Kier alpha value is -3.02. The van der Waals surface area contributed by atoms with Crippen LogP contribution in [0.15, 0.2) is 42.5 Å². The Morgan fingerprint density at radius 2 is 1.85 bits per heavy atom. The largest absolute Gasteiger partial charge is 0.454 e. The van der Waals surface area contributed by atoms with Crippen LogP contribution >= 0.6 is 0 Å². The Labute approximate surface area is 158 Å². The molecule has 1 N–H and O–H groups in total. The second-order valence-corrected chi connectivity index (χ2v) is 7.07. The van der Waals surface area contributed by atoms with E-state index in [2.05, 4.69) is 5.32 Å². The van der Waals surface area contributed by atoms with Gasteiger partial charge in [-0.05, 0) is 30.2 Å². The minimum atomic E-state index is -0.308. The number of hydrogen-bond acceptors (Lipinski definition) is 4. The van der Waals surface area contributed by atoms with Crippen LogP contribution in [0.4, 0.5) is 0 Å². The lowest BCUT2D eigenvalue weighted by atomic mass is 10.1. The van der Waals surface area contributed by atoms with Gasteiger partial charge in [-0.1, -0.05) is 35.9 Å². The van der Waals surface area contributed by atoms with Crippen LogP contribution in [0.2, 0.25) is 0 Å². The third-order valence-electron chi connectivity index (χ3n) is 4.98. The number of carbonyl (C=O) groups excluding carboxylic acids is 2. The van der Waals surface area contributed by atoms with Gasteiger partial charge in [-0.2, -0.15) is 0 Å². The summed E-state index contributed by atoms with van der Waals surface area (Å²) in [5.74, 6) is 1.05. The molecular formula is C21H22N2O4. The topological polar surface area (TPSA) is 67.9 Å². The van der Waals surface area contributed by atoms with Gasteiger partial charge in [0.25, 0.3) is 0 Å². The monoisotopic (exact) mass is 366 g/mol. The number of likely N-dealkylation sites (tertiary alicyclic amines) is 1. The number of aryl methyl sites for hydroxylation is 1. The zero-order chi connectivity index (χ0) is 18.8. The molecule has 0 aromatic heterocycles. The van der Waals surface area contributed by atoms with Crippen LogP contribution in [-0.2, 0) is 22.7 Å². The maximum Gasteiger partial charge on any atom is 0.231 e. The summed E-state index contributed by atoms with van der Waals surface area (Å²) in [6, 6.07) is 13.7. The van der Waals surface area contributed by atoms with E-state index in [0.717, 1.165) is 16.9 Å². The predicted octanol–water partition coefficient (Wildman–Crippen LogP) is 2.39. The molecule has 27 heavy (non-hydrogen) atoms. The average molecular weight is 366 g/mol. The van der Waals surface area contributed by atoms with Crippen molar-refractivity contribution in [3.8, 4) is 11.5 Å². The summed E-state index contributed by atoms with van der Waals surface area (Å²) >= 11 is 0. The maximum atomic E-state index is 12.5. The first kappa shape index (κ1) is 17.4. The van der Waals surface area contributed by atoms with Crippen molar-refractivity contribution in [2.45, 2.75) is 26.4 Å². The summed E-state index contributed by atoms with van der Waals surface area (Å²) in [6.45, 7) is 3.64. The van der Waals surface area contributed by atoms with E-state index in [0.29, 0.717) is 25.4 Å². The number of nitrogens with zero attached hydrogens (tertiary/aromatic N) is 1. The number of hydrogen-bond donors (Lipinski definition) is 1. The van der Waals surface area contributed by atoms with E-state index < -0.39 is 0 Å². The summed E-state index contributed by atoms with van der Waals surface area (Å²) in [5, 5.41) is 2.94. The smallest absolute Gasteiger partial charge is 0.231 e. The summed E-state index contributed by atoms with van der Waals surface area (Å²) in [7, 11) is 0. The first-order chi connectivity index (χ1) is 13.1. The van der Waals surface area contributed by atoms with Gasteiger partial charge in [-0.3, -0.25) is 9.59 Å². The van der Waals surface area contributed by atoms with Gasteiger partial charge in [0.05, 0.1) is 5.92 Å². The highest BCUT2D eigenvalue weighted by atomic mass is 16.7. The molecule has 2 heterocycles. The van der Waals surface area contributed by atoms with Crippen LogP contribution in [0, 0.1) is 12.8 Å². The summed E-state index contributed by atoms with van der Waals surface area (Å²) in [5.41, 5.74) is 3.20. The van der Waals surface area contributed by atoms with Crippen molar-refractivity contribution < 1.29 is 19.1 Å². The van der Waals surface area contributed by atoms with Crippen molar-refractivity contribution in [2.75, 3.05) is 13.3 Å². The van der Waals surface area contributed by atoms with Crippen LogP contribution in [0.25, 0.3) is 0 Å².